The minimum absolute atomic E-state index is 0.0458. The summed E-state index contributed by atoms with van der Waals surface area (Å²) in [7, 11) is 0. The summed E-state index contributed by atoms with van der Waals surface area (Å²) >= 11 is 6.21. The maximum absolute atomic E-state index is 13.5. The van der Waals surface area contributed by atoms with E-state index in [4.69, 9.17) is 16.3 Å². The minimum atomic E-state index is -0.575. The lowest BCUT2D eigenvalue weighted by Crippen LogP contribution is -2.46. The summed E-state index contributed by atoms with van der Waals surface area (Å²) in [6, 6.07) is 17.0. The largest absolute Gasteiger partial charge is 0.478 e. The van der Waals surface area contributed by atoms with Gasteiger partial charge in [-0.3, -0.25) is 4.79 Å². The number of ether oxygens (including phenoxy) is 1. The average molecular weight is 475 g/mol. The number of H-pyrrole nitrogens is 1. The second-order valence-corrected chi connectivity index (χ2v) is 8.65. The van der Waals surface area contributed by atoms with Gasteiger partial charge in [0.15, 0.2) is 0 Å². The van der Waals surface area contributed by atoms with Gasteiger partial charge in [-0.1, -0.05) is 36.2 Å². The molecule has 4 aromatic rings. The van der Waals surface area contributed by atoms with Crippen LogP contribution in [0.1, 0.15) is 31.7 Å². The van der Waals surface area contributed by atoms with E-state index >= 15 is 0 Å². The Morgan fingerprint density at radius 2 is 2.03 bits per heavy atom. The number of amides is 1. The van der Waals surface area contributed by atoms with E-state index in [0.717, 1.165) is 41.5 Å². The van der Waals surface area contributed by atoms with Crippen LogP contribution in [0.15, 0.2) is 60.8 Å². The fraction of sp³-hybridized carbons (Fsp3) is 0.240. The van der Waals surface area contributed by atoms with Gasteiger partial charge in [-0.15, -0.1) is 10.2 Å². The number of nitrogens with one attached hydrogen (secondary N) is 2. The molecule has 1 saturated carbocycles. The number of halogens is 1. The van der Waals surface area contributed by atoms with Gasteiger partial charge < -0.3 is 10.1 Å². The number of carbonyl (C=O) groups is 1. The molecule has 1 aliphatic rings. The molecule has 0 saturated heterocycles. The molecule has 0 unspecified atom stereocenters. The number of hydrogen-bond acceptors (Lipinski definition) is 6. The lowest BCUT2D eigenvalue weighted by molar-refractivity contribution is -0.124. The molecule has 0 radical (unpaired) electrons. The van der Waals surface area contributed by atoms with Gasteiger partial charge in [0.25, 0.3) is 0 Å². The second kappa shape index (κ2) is 9.23. The summed E-state index contributed by atoms with van der Waals surface area (Å²) in [5.41, 5.74) is 3.48. The maximum Gasteiger partial charge on any atom is 0.235 e. The maximum atomic E-state index is 13.5. The molecule has 1 amide bonds. The average Bonchev–Trinajstić information content (AvgIpc) is 3.34. The monoisotopic (exact) mass is 474 g/mol. The Kier molecular flexibility index (Phi) is 5.98. The summed E-state index contributed by atoms with van der Waals surface area (Å²) in [5.74, 6) is 0.937. The predicted octanol–water partition coefficient (Wildman–Crippen LogP) is 5.04. The van der Waals surface area contributed by atoms with Crippen molar-refractivity contribution in [1.82, 2.24) is 25.6 Å². The van der Waals surface area contributed by atoms with Crippen LogP contribution in [0.2, 0.25) is 5.02 Å². The molecule has 9 heteroatoms. The molecule has 2 aromatic carbocycles. The van der Waals surface area contributed by atoms with E-state index in [0.29, 0.717) is 29.0 Å². The molecular weight excluding hydrogens is 452 g/mol. The molecule has 0 bridgehead atoms. The number of tetrazole rings is 1. The predicted molar refractivity (Wildman–Crippen MR) is 130 cm³/mol. The van der Waals surface area contributed by atoms with Crippen molar-refractivity contribution in [3.05, 3.63) is 71.4 Å². The molecule has 0 spiro atoms. The summed E-state index contributed by atoms with van der Waals surface area (Å²) in [4.78, 5) is 17.8. The van der Waals surface area contributed by atoms with Crippen LogP contribution in [0, 0.1) is 0 Å². The van der Waals surface area contributed by atoms with Crippen LogP contribution in [0.4, 0.5) is 5.69 Å². The Morgan fingerprint density at radius 1 is 1.15 bits per heavy atom. The molecule has 0 atom stereocenters. The zero-order chi connectivity index (χ0) is 23.5. The van der Waals surface area contributed by atoms with Crippen LogP contribution in [0.25, 0.3) is 22.5 Å². The number of nitrogens with zero attached hydrogens (tertiary/aromatic N) is 4. The van der Waals surface area contributed by atoms with Gasteiger partial charge in [-0.25, -0.2) is 4.98 Å². The number of pyridine rings is 1. The first kappa shape index (κ1) is 22.0. The van der Waals surface area contributed by atoms with Crippen molar-refractivity contribution < 1.29 is 9.53 Å². The molecule has 5 rings (SSSR count). The number of aromatic nitrogens is 5. The summed E-state index contributed by atoms with van der Waals surface area (Å²) < 4.78 is 5.45. The molecule has 1 aliphatic carbocycles. The van der Waals surface area contributed by atoms with Crippen molar-refractivity contribution >= 4 is 23.2 Å². The highest BCUT2D eigenvalue weighted by molar-refractivity contribution is 6.30. The summed E-state index contributed by atoms with van der Waals surface area (Å²) in [6.45, 7) is 2.46. The fourth-order valence-electron chi connectivity index (χ4n) is 4.32. The van der Waals surface area contributed by atoms with Gasteiger partial charge in [-0.2, -0.15) is 5.21 Å². The van der Waals surface area contributed by atoms with Crippen molar-refractivity contribution in [2.75, 3.05) is 11.9 Å². The molecule has 172 valence electrons. The Morgan fingerprint density at radius 3 is 2.68 bits per heavy atom. The molecule has 34 heavy (non-hydrogen) atoms. The topological polar surface area (TPSA) is 106 Å². The van der Waals surface area contributed by atoms with Gasteiger partial charge in [0.1, 0.15) is 0 Å². The lowest BCUT2D eigenvalue weighted by Gasteiger charge is -2.40. The van der Waals surface area contributed by atoms with Crippen molar-refractivity contribution in [2.24, 2.45) is 0 Å². The summed E-state index contributed by atoms with van der Waals surface area (Å²) in [6.07, 6.45) is 4.31. The highest BCUT2D eigenvalue weighted by atomic mass is 35.5. The van der Waals surface area contributed by atoms with Crippen LogP contribution in [0.5, 0.6) is 5.88 Å². The van der Waals surface area contributed by atoms with Gasteiger partial charge in [0, 0.05) is 34.1 Å². The number of carbonyl (C=O) groups excluding carboxylic acids is 1. The number of benzene rings is 2. The van der Waals surface area contributed by atoms with E-state index in [-0.39, 0.29) is 5.91 Å². The van der Waals surface area contributed by atoms with Crippen molar-refractivity contribution in [3.8, 4) is 28.4 Å². The van der Waals surface area contributed by atoms with E-state index in [1.54, 1.807) is 6.20 Å². The van der Waals surface area contributed by atoms with Crippen molar-refractivity contribution in [3.63, 3.8) is 0 Å². The third-order valence-electron chi connectivity index (χ3n) is 6.22. The third-order valence-corrected chi connectivity index (χ3v) is 6.46. The second-order valence-electron chi connectivity index (χ2n) is 8.21. The highest BCUT2D eigenvalue weighted by Gasteiger charge is 2.45. The van der Waals surface area contributed by atoms with Crippen molar-refractivity contribution in [2.45, 2.75) is 31.6 Å². The first-order valence-electron chi connectivity index (χ1n) is 11.1. The van der Waals surface area contributed by atoms with Crippen LogP contribution in [0.3, 0.4) is 0 Å². The van der Waals surface area contributed by atoms with E-state index < -0.39 is 5.41 Å². The van der Waals surface area contributed by atoms with Crippen LogP contribution < -0.4 is 10.1 Å². The molecule has 2 heterocycles. The Hall–Kier alpha value is -3.78. The van der Waals surface area contributed by atoms with Gasteiger partial charge in [-0.05, 0) is 66.4 Å². The third kappa shape index (κ3) is 4.12. The van der Waals surface area contributed by atoms with Crippen LogP contribution in [-0.2, 0) is 10.2 Å². The van der Waals surface area contributed by atoms with Crippen molar-refractivity contribution in [1.29, 1.82) is 0 Å². The van der Waals surface area contributed by atoms with Crippen LogP contribution >= 0.6 is 11.6 Å². The number of rotatable bonds is 7. The van der Waals surface area contributed by atoms with E-state index in [2.05, 4.69) is 30.9 Å². The Balaban J connectivity index is 1.47. The van der Waals surface area contributed by atoms with Gasteiger partial charge in [0.2, 0.25) is 17.6 Å². The van der Waals surface area contributed by atoms with Gasteiger partial charge in [0.05, 0.1) is 12.0 Å². The van der Waals surface area contributed by atoms with E-state index in [1.807, 2.05) is 61.5 Å². The summed E-state index contributed by atoms with van der Waals surface area (Å²) in [5, 5.41) is 18.2. The lowest BCUT2D eigenvalue weighted by atomic mass is 9.64. The minimum Gasteiger partial charge on any atom is -0.478 e. The number of anilines is 1. The standard InChI is InChI=1S/C25H23ClN6O2/c1-2-34-22-10-7-16(15-27-22)20-9-8-19(14-21(20)23-29-31-32-30-23)28-24(33)25(11-4-12-25)17-5-3-6-18(26)13-17/h3,5-10,13-15H,2,4,11-12H2,1H3,(H,28,33)(H,29,30,31,32). The first-order valence-corrected chi connectivity index (χ1v) is 11.5. The smallest absolute Gasteiger partial charge is 0.235 e. The first-order chi connectivity index (χ1) is 16.6. The molecular formula is C25H23ClN6O2. The molecule has 2 N–H and O–H groups in total. The van der Waals surface area contributed by atoms with Crippen LogP contribution in [-0.4, -0.2) is 38.1 Å². The Labute approximate surface area is 201 Å². The molecule has 2 aromatic heterocycles. The quantitative estimate of drug-likeness (QED) is 0.388. The van der Waals surface area contributed by atoms with Gasteiger partial charge >= 0.3 is 0 Å². The SMILES string of the molecule is CCOc1ccc(-c2ccc(NC(=O)C3(c4cccc(Cl)c4)CCC3)cc2-c2nn[nH]n2)cn1. The fourth-order valence-corrected chi connectivity index (χ4v) is 4.51. The molecule has 8 nitrogen and oxygen atoms in total. The highest BCUT2D eigenvalue weighted by Crippen LogP contribution is 2.45. The number of aromatic amines is 1. The number of hydrogen-bond donors (Lipinski definition) is 2. The van der Waals surface area contributed by atoms with E-state index in [9.17, 15) is 4.79 Å². The zero-order valence-electron chi connectivity index (χ0n) is 18.6. The normalized spacial score (nSPS) is 14.3. The van der Waals surface area contributed by atoms with E-state index in [1.165, 1.54) is 0 Å². The molecule has 1 fully saturated rings. The Bertz CT molecular complexity index is 1300. The molecule has 0 aliphatic heterocycles. The zero-order valence-corrected chi connectivity index (χ0v) is 19.3.